The predicted molar refractivity (Wildman–Crippen MR) is 110 cm³/mol. The maximum Gasteiger partial charge on any atom is 0.243 e. The molecule has 2 fully saturated rings. The quantitative estimate of drug-likeness (QED) is 0.771. The van der Waals surface area contributed by atoms with Crippen LogP contribution >= 0.6 is 0 Å². The number of tetrazole rings is 1. The molecule has 4 rings (SSSR count). The third-order valence-electron chi connectivity index (χ3n) is 6.21. The summed E-state index contributed by atoms with van der Waals surface area (Å²) in [6.07, 6.45) is 7.14. The third kappa shape index (κ3) is 4.54. The number of hydrogen-bond donors (Lipinski definition) is 1. The third-order valence-corrected chi connectivity index (χ3v) is 8.08. The largest absolute Gasteiger partial charge is 0.353 e. The Labute approximate surface area is 176 Å². The van der Waals surface area contributed by atoms with Crippen molar-refractivity contribution in [2.75, 3.05) is 13.1 Å². The lowest BCUT2D eigenvalue weighted by Crippen LogP contribution is -2.48. The zero-order valence-corrected chi connectivity index (χ0v) is 18.0. The van der Waals surface area contributed by atoms with Gasteiger partial charge in [-0.1, -0.05) is 6.92 Å². The van der Waals surface area contributed by atoms with Crippen molar-refractivity contribution in [3.8, 4) is 5.69 Å². The number of sulfonamides is 1. The molecule has 1 amide bonds. The molecule has 0 spiro atoms. The number of nitrogens with zero attached hydrogens (tertiary/aromatic N) is 5. The summed E-state index contributed by atoms with van der Waals surface area (Å²) in [6, 6.07) is 6.67. The van der Waals surface area contributed by atoms with E-state index in [1.807, 2.05) is 0 Å². The average molecular weight is 433 g/mol. The Morgan fingerprint density at radius 1 is 1.10 bits per heavy atom. The second kappa shape index (κ2) is 8.81. The Morgan fingerprint density at radius 2 is 1.83 bits per heavy atom. The minimum absolute atomic E-state index is 0.0107. The molecule has 0 bridgehead atoms. The lowest BCUT2D eigenvalue weighted by Gasteiger charge is -2.33. The molecule has 1 atom stereocenters. The fourth-order valence-electron chi connectivity index (χ4n) is 4.30. The van der Waals surface area contributed by atoms with Crippen LogP contribution in [0.2, 0.25) is 0 Å². The lowest BCUT2D eigenvalue weighted by molar-refractivity contribution is -0.127. The molecule has 1 saturated carbocycles. The van der Waals surface area contributed by atoms with Gasteiger partial charge in [0, 0.05) is 19.1 Å². The van der Waals surface area contributed by atoms with Gasteiger partial charge in [0.25, 0.3) is 0 Å². The zero-order valence-electron chi connectivity index (χ0n) is 17.1. The van der Waals surface area contributed by atoms with E-state index in [0.29, 0.717) is 18.7 Å². The van der Waals surface area contributed by atoms with Crippen molar-refractivity contribution in [3.63, 3.8) is 0 Å². The number of carbonyl (C=O) groups excluding carboxylic acids is 1. The molecular formula is C20H28N6O3S. The highest BCUT2D eigenvalue weighted by atomic mass is 32.2. The van der Waals surface area contributed by atoms with Crippen LogP contribution in [-0.4, -0.2) is 58.0 Å². The molecule has 10 heteroatoms. The molecule has 1 N–H and O–H groups in total. The maximum atomic E-state index is 13.1. The molecule has 9 nitrogen and oxygen atoms in total. The highest BCUT2D eigenvalue weighted by Crippen LogP contribution is 2.27. The van der Waals surface area contributed by atoms with Gasteiger partial charge in [-0.2, -0.15) is 4.31 Å². The van der Waals surface area contributed by atoms with E-state index in [4.69, 9.17) is 0 Å². The van der Waals surface area contributed by atoms with Crippen LogP contribution in [0, 0.1) is 11.8 Å². The molecule has 2 aliphatic rings. The number of amides is 1. The van der Waals surface area contributed by atoms with Crippen LogP contribution in [0.25, 0.3) is 5.69 Å². The van der Waals surface area contributed by atoms with Gasteiger partial charge in [-0.25, -0.2) is 13.1 Å². The van der Waals surface area contributed by atoms with E-state index in [9.17, 15) is 13.2 Å². The van der Waals surface area contributed by atoms with Gasteiger partial charge in [-0.05, 0) is 79.1 Å². The van der Waals surface area contributed by atoms with Crippen LogP contribution in [0.3, 0.4) is 0 Å². The van der Waals surface area contributed by atoms with E-state index in [2.05, 4.69) is 27.8 Å². The Kier molecular flexibility index (Phi) is 6.14. The summed E-state index contributed by atoms with van der Waals surface area (Å²) < 4.78 is 29.2. The van der Waals surface area contributed by atoms with Gasteiger partial charge in [0.2, 0.25) is 15.9 Å². The van der Waals surface area contributed by atoms with Crippen LogP contribution in [0.5, 0.6) is 0 Å². The molecule has 1 saturated heterocycles. The van der Waals surface area contributed by atoms with Crippen LogP contribution in [0.15, 0.2) is 35.5 Å². The molecule has 2 aromatic rings. The molecule has 162 valence electrons. The SMILES string of the molecule is CC1CCC(NC(=O)[C@@H]2CCCN(S(=O)(=O)c3ccc(-n4cnnn4)cc3)C2)CC1. The number of aromatic nitrogens is 4. The van der Waals surface area contributed by atoms with Gasteiger partial charge < -0.3 is 5.32 Å². The second-order valence-corrected chi connectivity index (χ2v) is 10.4. The number of piperidine rings is 1. The Bertz CT molecular complexity index is 953. The number of rotatable bonds is 5. The predicted octanol–water partition coefficient (Wildman–Crippen LogP) is 1.76. The fraction of sp³-hybridized carbons (Fsp3) is 0.600. The number of carbonyl (C=O) groups is 1. The van der Waals surface area contributed by atoms with Crippen molar-refractivity contribution in [1.29, 1.82) is 0 Å². The van der Waals surface area contributed by atoms with Gasteiger partial charge in [-0.15, -0.1) is 5.10 Å². The molecule has 1 aliphatic heterocycles. The first kappa shape index (κ1) is 20.9. The average Bonchev–Trinajstić information content (AvgIpc) is 3.30. The standard InChI is InChI=1S/C20H28N6O3S/c1-15-4-6-17(7-5-15)22-20(27)16-3-2-12-25(13-16)30(28,29)19-10-8-18(9-11-19)26-14-21-23-24-26/h8-11,14-17H,2-7,12-13H2,1H3,(H,22,27)/t15?,16-,17?/m1/s1. The van der Waals surface area contributed by atoms with Gasteiger partial charge in [0.05, 0.1) is 16.5 Å². The first-order chi connectivity index (χ1) is 14.4. The molecule has 0 radical (unpaired) electrons. The molecule has 1 aromatic heterocycles. The molecule has 0 unspecified atom stereocenters. The first-order valence-electron chi connectivity index (χ1n) is 10.6. The molecule has 30 heavy (non-hydrogen) atoms. The van der Waals surface area contributed by atoms with E-state index >= 15 is 0 Å². The van der Waals surface area contributed by atoms with Gasteiger partial charge in [0.1, 0.15) is 6.33 Å². The summed E-state index contributed by atoms with van der Waals surface area (Å²) >= 11 is 0. The maximum absolute atomic E-state index is 13.1. The summed E-state index contributed by atoms with van der Waals surface area (Å²) in [4.78, 5) is 13.0. The van der Waals surface area contributed by atoms with Crippen LogP contribution in [0.4, 0.5) is 0 Å². The summed E-state index contributed by atoms with van der Waals surface area (Å²) in [5, 5.41) is 14.1. The van der Waals surface area contributed by atoms with E-state index in [1.54, 1.807) is 24.3 Å². The van der Waals surface area contributed by atoms with Crippen molar-refractivity contribution in [1.82, 2.24) is 29.8 Å². The number of nitrogens with one attached hydrogen (secondary N) is 1. The summed E-state index contributed by atoms with van der Waals surface area (Å²) in [5.41, 5.74) is 0.677. The second-order valence-electron chi connectivity index (χ2n) is 8.42. The molecular weight excluding hydrogens is 404 g/mol. The smallest absolute Gasteiger partial charge is 0.243 e. The topological polar surface area (TPSA) is 110 Å². The van der Waals surface area contributed by atoms with E-state index < -0.39 is 10.0 Å². The number of benzene rings is 1. The first-order valence-corrected chi connectivity index (χ1v) is 12.0. The van der Waals surface area contributed by atoms with Gasteiger partial charge in [0.15, 0.2) is 0 Å². The Balaban J connectivity index is 1.41. The normalized spacial score (nSPS) is 25.7. The minimum Gasteiger partial charge on any atom is -0.353 e. The number of hydrogen-bond acceptors (Lipinski definition) is 6. The van der Waals surface area contributed by atoms with Crippen molar-refractivity contribution < 1.29 is 13.2 Å². The van der Waals surface area contributed by atoms with E-state index in [-0.39, 0.29) is 29.3 Å². The summed E-state index contributed by atoms with van der Waals surface area (Å²) in [5.74, 6) is 0.414. The molecule has 2 heterocycles. The van der Waals surface area contributed by atoms with E-state index in [1.165, 1.54) is 15.3 Å². The summed E-state index contributed by atoms with van der Waals surface area (Å²) in [6.45, 7) is 2.91. The van der Waals surface area contributed by atoms with Gasteiger partial charge in [-0.3, -0.25) is 4.79 Å². The Hall–Kier alpha value is -2.33. The van der Waals surface area contributed by atoms with Crippen LogP contribution in [0.1, 0.15) is 45.4 Å². The fourth-order valence-corrected chi connectivity index (χ4v) is 5.82. The van der Waals surface area contributed by atoms with Crippen molar-refractivity contribution in [3.05, 3.63) is 30.6 Å². The van der Waals surface area contributed by atoms with Crippen LogP contribution < -0.4 is 5.32 Å². The van der Waals surface area contributed by atoms with Crippen molar-refractivity contribution in [2.24, 2.45) is 11.8 Å². The zero-order chi connectivity index (χ0) is 21.1. The highest BCUT2D eigenvalue weighted by molar-refractivity contribution is 7.89. The van der Waals surface area contributed by atoms with Crippen molar-refractivity contribution in [2.45, 2.75) is 56.4 Å². The van der Waals surface area contributed by atoms with E-state index in [0.717, 1.165) is 38.0 Å². The highest BCUT2D eigenvalue weighted by Gasteiger charge is 2.34. The Morgan fingerprint density at radius 3 is 2.50 bits per heavy atom. The van der Waals surface area contributed by atoms with Crippen molar-refractivity contribution >= 4 is 15.9 Å². The molecule has 1 aromatic carbocycles. The summed E-state index contributed by atoms with van der Waals surface area (Å²) in [7, 11) is -3.66. The lowest BCUT2D eigenvalue weighted by atomic mass is 9.87. The molecule has 1 aliphatic carbocycles. The monoisotopic (exact) mass is 432 g/mol. The van der Waals surface area contributed by atoms with Crippen LogP contribution in [-0.2, 0) is 14.8 Å². The van der Waals surface area contributed by atoms with Gasteiger partial charge >= 0.3 is 0 Å². The minimum atomic E-state index is -3.66.